The Kier molecular flexibility index (Phi) is 37.2. The second-order valence-corrected chi connectivity index (χ2v) is 15.0. The Labute approximate surface area is 317 Å². The van der Waals surface area contributed by atoms with Crippen molar-refractivity contribution in [1.82, 2.24) is 0 Å². The second kappa shape index (κ2) is 38.7. The van der Waals surface area contributed by atoms with Crippen molar-refractivity contribution in [2.45, 2.75) is 180 Å². The van der Waals surface area contributed by atoms with E-state index in [1.807, 2.05) is 6.08 Å². The molecule has 0 aliphatic heterocycles. The highest BCUT2D eigenvalue weighted by Crippen LogP contribution is 2.43. The van der Waals surface area contributed by atoms with Crippen LogP contribution in [0.2, 0.25) is 0 Å². The van der Waals surface area contributed by atoms with Gasteiger partial charge < -0.3 is 20.1 Å². The van der Waals surface area contributed by atoms with Crippen LogP contribution in [0, 0.1) is 0 Å². The summed E-state index contributed by atoms with van der Waals surface area (Å²) in [5.41, 5.74) is 5.33. The van der Waals surface area contributed by atoms with Crippen LogP contribution in [0.3, 0.4) is 0 Å². The number of phosphoric acid groups is 1. The molecule has 0 aliphatic rings. The Bertz CT molecular complexity index is 996. The van der Waals surface area contributed by atoms with Crippen LogP contribution in [0.5, 0.6) is 0 Å². The zero-order valence-electron chi connectivity index (χ0n) is 33.0. The zero-order valence-corrected chi connectivity index (χ0v) is 33.9. The summed E-state index contributed by atoms with van der Waals surface area (Å²) in [5, 5.41) is 0. The maximum absolute atomic E-state index is 12.5. The number of nitrogens with two attached hydrogens (primary N) is 1. The summed E-state index contributed by atoms with van der Waals surface area (Å²) < 4.78 is 32.7. The van der Waals surface area contributed by atoms with E-state index < -0.39 is 32.5 Å². The fourth-order valence-corrected chi connectivity index (χ4v) is 6.16. The minimum absolute atomic E-state index is 0.0443. The van der Waals surface area contributed by atoms with Crippen molar-refractivity contribution in [2.75, 3.05) is 26.4 Å². The number of esters is 2. The standard InChI is InChI=1S/C42H76NO8P/c1-3-5-7-9-11-13-15-17-19-20-21-23-25-27-29-31-33-35-42(45)51-40(39-50-52(46,47)49-37-36-43)38-48-41(44)34-32-30-28-26-24-22-18-16-14-12-10-8-6-4-2/h11,13,17,19,21,23,27,29,40H,3-10,12,14-16,18,20,22,24-26,28,30-39,43H2,1-2H3,(H,46,47)/b13-11+,19-17+,23-21+,29-27+/t40-/m1/s1. The molecule has 0 amide bonds. The Hall–Kier alpha value is -2.03. The van der Waals surface area contributed by atoms with Gasteiger partial charge in [-0.3, -0.25) is 18.6 Å². The van der Waals surface area contributed by atoms with Crippen LogP contribution in [-0.4, -0.2) is 49.3 Å². The van der Waals surface area contributed by atoms with Gasteiger partial charge in [0.1, 0.15) is 6.61 Å². The third kappa shape index (κ3) is 37.7. The molecule has 0 heterocycles. The van der Waals surface area contributed by atoms with Gasteiger partial charge in [-0.05, 0) is 51.4 Å². The number of hydrogen-bond donors (Lipinski definition) is 2. The highest BCUT2D eigenvalue weighted by atomic mass is 31.2. The minimum atomic E-state index is -4.39. The molecule has 0 bridgehead atoms. The first-order valence-electron chi connectivity index (χ1n) is 20.6. The Balaban J connectivity index is 4.29. The van der Waals surface area contributed by atoms with E-state index in [1.165, 1.54) is 96.3 Å². The number of carbonyl (C=O) groups is 2. The first-order chi connectivity index (χ1) is 25.3. The van der Waals surface area contributed by atoms with E-state index >= 15 is 0 Å². The fraction of sp³-hybridized carbons (Fsp3) is 0.762. The van der Waals surface area contributed by atoms with E-state index in [1.54, 1.807) is 0 Å². The number of phosphoric ester groups is 1. The van der Waals surface area contributed by atoms with Gasteiger partial charge in [0.15, 0.2) is 6.10 Å². The zero-order chi connectivity index (χ0) is 38.2. The van der Waals surface area contributed by atoms with Crippen LogP contribution in [0.4, 0.5) is 0 Å². The number of hydrogen-bond acceptors (Lipinski definition) is 8. The van der Waals surface area contributed by atoms with E-state index in [2.05, 4.69) is 56.4 Å². The topological polar surface area (TPSA) is 134 Å². The van der Waals surface area contributed by atoms with Gasteiger partial charge in [-0.2, -0.15) is 0 Å². The first-order valence-corrected chi connectivity index (χ1v) is 22.1. The number of allylic oxidation sites excluding steroid dienone is 8. The highest BCUT2D eigenvalue weighted by molar-refractivity contribution is 7.47. The van der Waals surface area contributed by atoms with Gasteiger partial charge in [-0.25, -0.2) is 4.57 Å². The predicted octanol–water partition coefficient (Wildman–Crippen LogP) is 11.6. The maximum atomic E-state index is 12.5. The molecule has 0 saturated heterocycles. The van der Waals surface area contributed by atoms with Crippen molar-refractivity contribution in [3.63, 3.8) is 0 Å². The van der Waals surface area contributed by atoms with Crippen molar-refractivity contribution < 1.29 is 37.6 Å². The monoisotopic (exact) mass is 754 g/mol. The fourth-order valence-electron chi connectivity index (χ4n) is 5.39. The average molecular weight is 754 g/mol. The second-order valence-electron chi connectivity index (χ2n) is 13.5. The van der Waals surface area contributed by atoms with Crippen LogP contribution < -0.4 is 5.73 Å². The van der Waals surface area contributed by atoms with Gasteiger partial charge in [-0.1, -0.05) is 159 Å². The van der Waals surface area contributed by atoms with E-state index in [-0.39, 0.29) is 32.6 Å². The molecule has 0 spiro atoms. The van der Waals surface area contributed by atoms with E-state index in [9.17, 15) is 19.0 Å². The van der Waals surface area contributed by atoms with Gasteiger partial charge in [0, 0.05) is 19.4 Å². The van der Waals surface area contributed by atoms with Crippen LogP contribution in [0.25, 0.3) is 0 Å². The molecule has 0 aromatic rings. The summed E-state index contributed by atoms with van der Waals surface area (Å²) in [6.45, 7) is 3.64. The number of ether oxygens (including phenoxy) is 2. The van der Waals surface area contributed by atoms with Gasteiger partial charge >= 0.3 is 19.8 Å². The molecule has 0 aliphatic carbocycles. The quantitative estimate of drug-likeness (QED) is 0.0273. The Morgan fingerprint density at radius 3 is 1.54 bits per heavy atom. The van der Waals surface area contributed by atoms with E-state index in [0.717, 1.165) is 38.5 Å². The van der Waals surface area contributed by atoms with Crippen molar-refractivity contribution in [1.29, 1.82) is 0 Å². The number of carbonyl (C=O) groups excluding carboxylic acids is 2. The molecule has 0 fully saturated rings. The molecule has 0 aromatic heterocycles. The van der Waals surface area contributed by atoms with Crippen molar-refractivity contribution in [3.05, 3.63) is 48.6 Å². The average Bonchev–Trinajstić information content (AvgIpc) is 3.13. The normalized spacial score (nSPS) is 13.8. The summed E-state index contributed by atoms with van der Waals surface area (Å²) in [7, 11) is -4.39. The first kappa shape index (κ1) is 50.0. The summed E-state index contributed by atoms with van der Waals surface area (Å²) in [4.78, 5) is 34.8. The summed E-state index contributed by atoms with van der Waals surface area (Å²) >= 11 is 0. The van der Waals surface area contributed by atoms with E-state index in [0.29, 0.717) is 12.8 Å². The molecular weight excluding hydrogens is 677 g/mol. The van der Waals surface area contributed by atoms with Crippen molar-refractivity contribution in [3.8, 4) is 0 Å². The van der Waals surface area contributed by atoms with Crippen molar-refractivity contribution in [2.24, 2.45) is 5.73 Å². The summed E-state index contributed by atoms with van der Waals surface area (Å²) in [6.07, 6.45) is 42.9. The van der Waals surface area contributed by atoms with Crippen molar-refractivity contribution >= 4 is 19.8 Å². The number of rotatable bonds is 38. The molecule has 2 atom stereocenters. The van der Waals surface area contributed by atoms with Crippen LogP contribution in [-0.2, 0) is 32.7 Å². The molecule has 9 nitrogen and oxygen atoms in total. The molecule has 0 rings (SSSR count). The Morgan fingerprint density at radius 1 is 0.577 bits per heavy atom. The highest BCUT2D eigenvalue weighted by Gasteiger charge is 2.25. The van der Waals surface area contributed by atoms with Gasteiger partial charge in [-0.15, -0.1) is 0 Å². The third-order valence-electron chi connectivity index (χ3n) is 8.47. The molecule has 52 heavy (non-hydrogen) atoms. The molecule has 302 valence electrons. The molecular formula is C42H76NO8P. The molecule has 10 heteroatoms. The SMILES string of the molecule is CCCCC/C=C/C/C=C/C/C=C/C/C=C/CCCC(=O)O[C@H](COC(=O)CCCCCCCCCCCCCCCC)COP(=O)(O)OCCN. The van der Waals surface area contributed by atoms with Crippen LogP contribution in [0.1, 0.15) is 174 Å². The van der Waals surface area contributed by atoms with Crippen LogP contribution in [0.15, 0.2) is 48.6 Å². The molecule has 3 N–H and O–H groups in total. The summed E-state index contributed by atoms with van der Waals surface area (Å²) in [6, 6.07) is 0. The van der Waals surface area contributed by atoms with Gasteiger partial charge in [0.25, 0.3) is 0 Å². The van der Waals surface area contributed by atoms with Crippen LogP contribution >= 0.6 is 7.82 Å². The lowest BCUT2D eigenvalue weighted by molar-refractivity contribution is -0.161. The Morgan fingerprint density at radius 2 is 1.02 bits per heavy atom. The maximum Gasteiger partial charge on any atom is 0.472 e. The minimum Gasteiger partial charge on any atom is -0.462 e. The molecule has 0 aromatic carbocycles. The van der Waals surface area contributed by atoms with E-state index in [4.69, 9.17) is 24.3 Å². The lowest BCUT2D eigenvalue weighted by atomic mass is 10.0. The summed E-state index contributed by atoms with van der Waals surface area (Å²) in [5.74, 6) is -0.893. The largest absolute Gasteiger partial charge is 0.472 e. The third-order valence-corrected chi connectivity index (χ3v) is 9.45. The van der Waals surface area contributed by atoms with Gasteiger partial charge in [0.2, 0.25) is 0 Å². The molecule has 0 radical (unpaired) electrons. The lowest BCUT2D eigenvalue weighted by Crippen LogP contribution is -2.29. The molecule has 0 saturated carbocycles. The predicted molar refractivity (Wildman–Crippen MR) is 215 cm³/mol. The lowest BCUT2D eigenvalue weighted by Gasteiger charge is -2.19. The molecule has 1 unspecified atom stereocenters. The van der Waals surface area contributed by atoms with Gasteiger partial charge in [0.05, 0.1) is 13.2 Å². The number of unbranched alkanes of at least 4 members (excludes halogenated alkanes) is 17. The smallest absolute Gasteiger partial charge is 0.462 e.